The van der Waals surface area contributed by atoms with Crippen molar-refractivity contribution in [1.82, 2.24) is 9.88 Å². The van der Waals surface area contributed by atoms with Gasteiger partial charge in [0.15, 0.2) is 17.3 Å². The van der Waals surface area contributed by atoms with E-state index in [0.29, 0.717) is 5.11 Å². The molecular formula is C19H22ClCuN4S+. The van der Waals surface area contributed by atoms with Crippen LogP contribution in [0.2, 0.25) is 0 Å². The van der Waals surface area contributed by atoms with Crippen molar-refractivity contribution in [2.75, 3.05) is 13.1 Å². The predicted molar refractivity (Wildman–Crippen MR) is 109 cm³/mol. The number of hydrogen-bond acceptors (Lipinski definition) is 2. The fourth-order valence-electron chi connectivity index (χ4n) is 2.78. The van der Waals surface area contributed by atoms with Gasteiger partial charge in [-0.3, -0.25) is 4.98 Å². The fourth-order valence-corrected chi connectivity index (χ4v) is 3.03. The molecule has 3 rings (SSSR count). The zero-order valence-electron chi connectivity index (χ0n) is 14.4. The van der Waals surface area contributed by atoms with Crippen LogP contribution >= 0.6 is 10.1 Å². The Labute approximate surface area is 173 Å². The summed E-state index contributed by atoms with van der Waals surface area (Å²) in [6.45, 7) is 2.00. The molecule has 0 atom stereocenters. The van der Waals surface area contributed by atoms with Gasteiger partial charge in [-0.15, -0.1) is 0 Å². The number of pyridine rings is 1. The molecule has 1 saturated heterocycles. The number of rotatable bonds is 3. The number of hydrogen-bond donors (Lipinski definition) is 0. The van der Waals surface area contributed by atoms with E-state index >= 15 is 0 Å². The van der Waals surface area contributed by atoms with Crippen LogP contribution in [0.25, 0.3) is 5.43 Å². The minimum atomic E-state index is 0.682. The number of halogens is 1. The molecule has 1 aromatic carbocycles. The summed E-state index contributed by atoms with van der Waals surface area (Å²) in [7, 11) is 4.20. The first-order valence-electron chi connectivity index (χ1n) is 8.52. The van der Waals surface area contributed by atoms with Crippen LogP contribution in [0.4, 0.5) is 0 Å². The van der Waals surface area contributed by atoms with E-state index in [4.69, 9.17) is 0 Å². The second kappa shape index (κ2) is 12.2. The quantitative estimate of drug-likeness (QED) is 0.181. The first kappa shape index (κ1) is 21.0. The predicted octanol–water partition coefficient (Wildman–Crippen LogP) is 4.14. The van der Waals surface area contributed by atoms with Gasteiger partial charge in [0, 0.05) is 24.8 Å². The second-order valence-electron chi connectivity index (χ2n) is 5.83. The minimum Gasteiger partial charge on any atom is -0.514 e. The molecule has 1 fully saturated rings. The van der Waals surface area contributed by atoms with Crippen molar-refractivity contribution in [3.8, 4) is 0 Å². The van der Waals surface area contributed by atoms with Crippen molar-refractivity contribution in [2.24, 2.45) is 5.10 Å². The SMILES string of the molecule is [Cl][Cu+].[SH+]=C([N-]N=C(c1ccccc1)c1ccccn1)N1CCCCCC1. The Morgan fingerprint density at radius 3 is 2.27 bits per heavy atom. The molecule has 1 aliphatic rings. The number of nitrogens with zero attached hydrogens (tertiary/aromatic N) is 4. The largest absolute Gasteiger partial charge is 0.514 e. The number of likely N-dealkylation sites (tertiary alicyclic amines) is 1. The second-order valence-corrected chi connectivity index (χ2v) is 6.23. The van der Waals surface area contributed by atoms with Crippen molar-refractivity contribution in [3.63, 3.8) is 0 Å². The molecule has 4 nitrogen and oxygen atoms in total. The molecule has 2 aromatic rings. The van der Waals surface area contributed by atoms with Gasteiger partial charge in [-0.05, 0) is 25.0 Å². The maximum absolute atomic E-state index is 4.57. The maximum Gasteiger partial charge on any atom is 0.189 e. The third-order valence-corrected chi connectivity index (χ3v) is 4.46. The van der Waals surface area contributed by atoms with Gasteiger partial charge in [0.2, 0.25) is 0 Å². The zero-order chi connectivity index (χ0) is 18.6. The number of aromatic nitrogens is 1. The van der Waals surface area contributed by atoms with Crippen LogP contribution in [-0.4, -0.2) is 33.8 Å². The first-order chi connectivity index (χ1) is 12.8. The molecule has 0 spiro atoms. The molecule has 0 amide bonds. The van der Waals surface area contributed by atoms with Crippen LogP contribution in [0.3, 0.4) is 0 Å². The smallest absolute Gasteiger partial charge is 0.189 e. The summed E-state index contributed by atoms with van der Waals surface area (Å²) in [5, 5.41) is 5.18. The van der Waals surface area contributed by atoms with Gasteiger partial charge in [-0.1, -0.05) is 49.2 Å². The Hall–Kier alpha value is -1.30. The molecule has 0 saturated carbocycles. The van der Waals surface area contributed by atoms with Gasteiger partial charge in [0.05, 0.1) is 11.4 Å². The summed E-state index contributed by atoms with van der Waals surface area (Å²) in [5.41, 5.74) is 6.97. The fraction of sp³-hybridized carbons (Fsp3) is 0.316. The molecule has 1 aromatic heterocycles. The average molecular weight is 437 g/mol. The molecule has 0 aliphatic carbocycles. The van der Waals surface area contributed by atoms with E-state index in [-0.39, 0.29) is 0 Å². The van der Waals surface area contributed by atoms with E-state index < -0.39 is 0 Å². The van der Waals surface area contributed by atoms with Crippen molar-refractivity contribution in [3.05, 3.63) is 71.4 Å². The third-order valence-electron chi connectivity index (χ3n) is 4.08. The van der Waals surface area contributed by atoms with Crippen molar-refractivity contribution in [2.45, 2.75) is 25.7 Å². The van der Waals surface area contributed by atoms with Crippen molar-refractivity contribution >= 4 is 33.1 Å². The van der Waals surface area contributed by atoms with Crippen LogP contribution in [0.5, 0.6) is 0 Å². The Morgan fingerprint density at radius 2 is 1.65 bits per heavy atom. The molecule has 1 aliphatic heterocycles. The summed E-state index contributed by atoms with van der Waals surface area (Å²) in [4.78, 5) is 6.63. The van der Waals surface area contributed by atoms with Gasteiger partial charge in [-0.2, -0.15) is 0 Å². The van der Waals surface area contributed by atoms with E-state index in [9.17, 15) is 0 Å². The summed E-state index contributed by atoms with van der Waals surface area (Å²) < 4.78 is 0. The van der Waals surface area contributed by atoms with E-state index in [0.717, 1.165) is 30.1 Å². The molecular weight excluding hydrogens is 415 g/mol. The number of thiol groups is 1. The molecule has 0 bridgehead atoms. The molecule has 2 heterocycles. The van der Waals surface area contributed by atoms with Gasteiger partial charge < -0.3 is 10.5 Å². The Kier molecular flexibility index (Phi) is 9.82. The Bertz CT molecular complexity index is 648. The van der Waals surface area contributed by atoms with Crippen LogP contribution in [0.15, 0.2) is 59.8 Å². The van der Waals surface area contributed by atoms with Gasteiger partial charge >= 0.3 is 25.2 Å². The molecule has 0 radical (unpaired) electrons. The molecule has 141 valence electrons. The van der Waals surface area contributed by atoms with E-state index in [2.05, 4.69) is 57.8 Å². The van der Waals surface area contributed by atoms with Crippen LogP contribution in [0, 0.1) is 0 Å². The van der Waals surface area contributed by atoms with Gasteiger partial charge in [-0.25, -0.2) is 4.90 Å². The zero-order valence-corrected chi connectivity index (χ0v) is 16.9. The van der Waals surface area contributed by atoms with Crippen LogP contribution < -0.4 is 0 Å². The van der Waals surface area contributed by atoms with Crippen LogP contribution in [0.1, 0.15) is 36.9 Å². The molecule has 7 heteroatoms. The monoisotopic (exact) mass is 436 g/mol. The summed E-state index contributed by atoms with van der Waals surface area (Å²) in [5.74, 6) is 0. The average Bonchev–Trinajstić information content (AvgIpc) is 3.01. The molecule has 0 unspecified atom stereocenters. The molecule has 0 N–H and O–H groups in total. The third kappa shape index (κ3) is 6.45. The Balaban J connectivity index is 0.00000117. The normalized spacial score (nSPS) is 15.4. The number of benzene rings is 1. The first-order valence-corrected chi connectivity index (χ1v) is 10.3. The minimum absolute atomic E-state index is 0.682. The summed E-state index contributed by atoms with van der Waals surface area (Å²) in [6, 6.07) is 15.8. The standard InChI is InChI=1S/C19H22N4S.ClH.Cu/c24-19(23-14-8-1-2-9-15-23)22-21-18(16-10-4-3-5-11-16)17-12-6-7-13-20-17;;/h3-7,10-13H,1-2,8-9,14-15H2,(H,20,22,24);1H;/q;;+2/p-1. The maximum atomic E-state index is 4.57. The topological polar surface area (TPSA) is 42.6 Å². The van der Waals surface area contributed by atoms with Gasteiger partial charge in [0.1, 0.15) is 0 Å². The van der Waals surface area contributed by atoms with Crippen molar-refractivity contribution < 1.29 is 15.1 Å². The molecule has 26 heavy (non-hydrogen) atoms. The Morgan fingerprint density at radius 1 is 1.00 bits per heavy atom. The van der Waals surface area contributed by atoms with E-state index in [1.807, 2.05) is 48.5 Å². The summed E-state index contributed by atoms with van der Waals surface area (Å²) >= 11 is 8.23. The van der Waals surface area contributed by atoms with E-state index in [1.54, 1.807) is 6.20 Å². The van der Waals surface area contributed by atoms with Gasteiger partial charge in [0.25, 0.3) is 0 Å². The van der Waals surface area contributed by atoms with Crippen LogP contribution in [-0.2, 0) is 27.3 Å². The summed E-state index contributed by atoms with van der Waals surface area (Å²) in [6.07, 6.45) is 6.71. The van der Waals surface area contributed by atoms with E-state index in [1.165, 1.54) is 25.7 Å². The van der Waals surface area contributed by atoms with Crippen molar-refractivity contribution in [1.29, 1.82) is 0 Å².